The van der Waals surface area contributed by atoms with Crippen LogP contribution in [0.2, 0.25) is 0 Å². The van der Waals surface area contributed by atoms with Crippen LogP contribution in [0.3, 0.4) is 0 Å². The highest BCUT2D eigenvalue weighted by molar-refractivity contribution is 6.00. The van der Waals surface area contributed by atoms with E-state index in [-0.39, 0.29) is 30.4 Å². The number of nitrogens with one attached hydrogen (secondary N) is 2. The maximum atomic E-state index is 12.7. The van der Waals surface area contributed by atoms with Gasteiger partial charge in [0.05, 0.1) is 17.1 Å². The molecule has 0 saturated carbocycles. The minimum atomic E-state index is -0.554. The molecule has 0 aromatic heterocycles. The molecule has 0 aliphatic heterocycles. The Labute approximate surface area is 179 Å². The van der Waals surface area contributed by atoms with Crippen LogP contribution in [0.1, 0.15) is 22.8 Å². The van der Waals surface area contributed by atoms with Crippen LogP contribution in [0.25, 0.3) is 0 Å². The van der Waals surface area contributed by atoms with Crippen molar-refractivity contribution in [3.63, 3.8) is 0 Å². The van der Waals surface area contributed by atoms with Gasteiger partial charge in [0.1, 0.15) is 11.5 Å². The van der Waals surface area contributed by atoms with E-state index in [0.717, 1.165) is 11.3 Å². The molecule has 3 aromatic rings. The summed E-state index contributed by atoms with van der Waals surface area (Å²) in [5, 5.41) is 26.1. The van der Waals surface area contributed by atoms with Crippen molar-refractivity contribution in [2.45, 2.75) is 19.5 Å². The summed E-state index contributed by atoms with van der Waals surface area (Å²) in [5.41, 5.74) is 1.21. The van der Waals surface area contributed by atoms with Crippen LogP contribution >= 0.6 is 0 Å². The first kappa shape index (κ1) is 21.8. The summed E-state index contributed by atoms with van der Waals surface area (Å²) in [6, 6.07) is 20.4. The Bertz CT molecular complexity index is 1040. The van der Waals surface area contributed by atoms with Crippen molar-refractivity contribution < 1.29 is 19.6 Å². The number of nitro benzene ring substituents is 1. The summed E-state index contributed by atoms with van der Waals surface area (Å²) in [5.74, 6) is 0.941. The second kappa shape index (κ2) is 10.2. The van der Waals surface area contributed by atoms with Gasteiger partial charge in [-0.1, -0.05) is 30.3 Å². The Morgan fingerprint density at radius 1 is 1.06 bits per heavy atom. The molecule has 0 radical (unpaired) electrons. The Hall–Kier alpha value is -3.91. The Morgan fingerprint density at radius 3 is 2.39 bits per heavy atom. The second-order valence-corrected chi connectivity index (χ2v) is 6.96. The van der Waals surface area contributed by atoms with Gasteiger partial charge in [-0.15, -0.1) is 0 Å². The lowest BCUT2D eigenvalue weighted by atomic mass is 10.1. The van der Waals surface area contributed by atoms with Gasteiger partial charge in [-0.05, 0) is 42.8 Å². The maximum absolute atomic E-state index is 12.7. The Kier molecular flexibility index (Phi) is 7.18. The van der Waals surface area contributed by atoms with E-state index < -0.39 is 10.8 Å². The second-order valence-electron chi connectivity index (χ2n) is 6.96. The van der Waals surface area contributed by atoms with Crippen molar-refractivity contribution in [1.29, 1.82) is 0 Å². The first-order valence-corrected chi connectivity index (χ1v) is 9.72. The Balaban J connectivity index is 1.68. The van der Waals surface area contributed by atoms with E-state index in [4.69, 9.17) is 4.74 Å². The minimum absolute atomic E-state index is 0.138. The highest BCUT2D eigenvalue weighted by Crippen LogP contribution is 2.24. The number of benzene rings is 3. The average molecular weight is 421 g/mol. The summed E-state index contributed by atoms with van der Waals surface area (Å²) in [6.45, 7) is 1.83. The minimum Gasteiger partial charge on any atom is -0.457 e. The number of nitrogens with zero attached hydrogens (tertiary/aromatic N) is 1. The number of amides is 1. The fourth-order valence-corrected chi connectivity index (χ4v) is 2.85. The number of nitro groups is 1. The van der Waals surface area contributed by atoms with Gasteiger partial charge in [0, 0.05) is 30.4 Å². The van der Waals surface area contributed by atoms with E-state index in [1.54, 1.807) is 19.1 Å². The van der Waals surface area contributed by atoms with Crippen LogP contribution < -0.4 is 15.4 Å². The highest BCUT2D eigenvalue weighted by atomic mass is 16.6. The van der Waals surface area contributed by atoms with E-state index in [9.17, 15) is 20.0 Å². The first-order chi connectivity index (χ1) is 15.0. The lowest BCUT2D eigenvalue weighted by molar-refractivity contribution is -0.384. The van der Waals surface area contributed by atoms with Crippen LogP contribution in [0, 0.1) is 10.1 Å². The van der Waals surface area contributed by atoms with Gasteiger partial charge in [-0.25, -0.2) is 0 Å². The third-order valence-corrected chi connectivity index (χ3v) is 4.49. The number of non-ortho nitro benzene ring substituents is 1. The van der Waals surface area contributed by atoms with E-state index in [2.05, 4.69) is 10.6 Å². The molecule has 0 aliphatic carbocycles. The molecule has 1 amide bonds. The molecule has 31 heavy (non-hydrogen) atoms. The maximum Gasteiger partial charge on any atom is 0.270 e. The smallest absolute Gasteiger partial charge is 0.270 e. The molecular formula is C23H23N3O5. The third kappa shape index (κ3) is 6.03. The van der Waals surface area contributed by atoms with Gasteiger partial charge in [-0.2, -0.15) is 0 Å². The molecule has 8 heteroatoms. The number of aliphatic hydroxyl groups is 1. The summed E-state index contributed by atoms with van der Waals surface area (Å²) in [6.07, 6.45) is 0. The quantitative estimate of drug-likeness (QED) is 0.354. The molecule has 8 nitrogen and oxygen atoms in total. The van der Waals surface area contributed by atoms with E-state index in [1.807, 2.05) is 42.5 Å². The average Bonchev–Trinajstić information content (AvgIpc) is 2.79. The van der Waals surface area contributed by atoms with Gasteiger partial charge < -0.3 is 20.5 Å². The molecule has 0 bridgehead atoms. The van der Waals surface area contributed by atoms with Crippen LogP contribution in [-0.2, 0) is 6.54 Å². The van der Waals surface area contributed by atoms with Crippen LogP contribution in [0.5, 0.6) is 11.5 Å². The van der Waals surface area contributed by atoms with Crippen molar-refractivity contribution in [2.75, 3.05) is 11.9 Å². The van der Waals surface area contributed by atoms with Crippen molar-refractivity contribution >= 4 is 17.3 Å². The summed E-state index contributed by atoms with van der Waals surface area (Å²) < 4.78 is 5.75. The molecule has 1 atom stereocenters. The van der Waals surface area contributed by atoms with Crippen molar-refractivity contribution in [1.82, 2.24) is 5.32 Å². The lowest BCUT2D eigenvalue weighted by Crippen LogP contribution is -2.26. The monoisotopic (exact) mass is 421 g/mol. The summed E-state index contributed by atoms with van der Waals surface area (Å²) >= 11 is 0. The zero-order chi connectivity index (χ0) is 22.2. The van der Waals surface area contributed by atoms with Crippen molar-refractivity contribution in [3.8, 4) is 11.5 Å². The molecule has 0 heterocycles. The lowest BCUT2D eigenvalue weighted by Gasteiger charge is -2.16. The molecule has 3 rings (SSSR count). The van der Waals surface area contributed by atoms with Crippen LogP contribution in [-0.4, -0.2) is 28.6 Å². The molecule has 0 fully saturated rings. The highest BCUT2D eigenvalue weighted by Gasteiger charge is 2.18. The van der Waals surface area contributed by atoms with Crippen molar-refractivity contribution in [2.24, 2.45) is 0 Å². The van der Waals surface area contributed by atoms with Gasteiger partial charge in [0.25, 0.3) is 11.6 Å². The number of aliphatic hydroxyl groups excluding tert-OH is 1. The van der Waals surface area contributed by atoms with E-state index in [0.29, 0.717) is 11.4 Å². The number of anilines is 1. The van der Waals surface area contributed by atoms with Crippen LogP contribution in [0.4, 0.5) is 11.4 Å². The van der Waals surface area contributed by atoms with E-state index in [1.165, 1.54) is 18.2 Å². The predicted molar refractivity (Wildman–Crippen MR) is 117 cm³/mol. The third-order valence-electron chi connectivity index (χ3n) is 4.49. The predicted octanol–water partition coefficient (Wildman–Crippen LogP) is 4.11. The first-order valence-electron chi connectivity index (χ1n) is 9.72. The fraction of sp³-hybridized carbons (Fsp3) is 0.174. The van der Waals surface area contributed by atoms with Crippen molar-refractivity contribution in [3.05, 3.63) is 94.0 Å². The fourth-order valence-electron chi connectivity index (χ4n) is 2.85. The van der Waals surface area contributed by atoms with Gasteiger partial charge in [0.15, 0.2) is 0 Å². The molecule has 3 N–H and O–H groups in total. The van der Waals surface area contributed by atoms with Crippen LogP contribution in [0.15, 0.2) is 72.8 Å². The number of hydrogen-bond donors (Lipinski definition) is 3. The standard InChI is InChI=1S/C23H23N3O5/c1-16(15-27)25-22-12-9-18(26(29)30)13-21(22)23(28)24-14-17-7-10-20(11-8-17)31-19-5-3-2-4-6-19/h2-13,16,25,27H,14-15H2,1H3,(H,24,28). The van der Waals surface area contributed by atoms with Gasteiger partial charge in [-0.3, -0.25) is 14.9 Å². The SMILES string of the molecule is CC(CO)Nc1ccc([N+](=O)[O-])cc1C(=O)NCc1ccc(Oc2ccccc2)cc1. The number of para-hydroxylation sites is 1. The number of hydrogen-bond acceptors (Lipinski definition) is 6. The molecule has 0 saturated heterocycles. The summed E-state index contributed by atoms with van der Waals surface area (Å²) in [7, 11) is 0. The molecule has 160 valence electrons. The zero-order valence-corrected chi connectivity index (χ0v) is 16.9. The number of rotatable bonds is 9. The molecule has 3 aromatic carbocycles. The number of carbonyl (C=O) groups excluding carboxylic acids is 1. The summed E-state index contributed by atoms with van der Waals surface area (Å²) in [4.78, 5) is 23.3. The molecule has 1 unspecified atom stereocenters. The van der Waals surface area contributed by atoms with Gasteiger partial charge >= 0.3 is 0 Å². The number of ether oxygens (including phenoxy) is 1. The molecule has 0 spiro atoms. The normalized spacial score (nSPS) is 11.4. The zero-order valence-electron chi connectivity index (χ0n) is 16.9. The molecular weight excluding hydrogens is 398 g/mol. The Morgan fingerprint density at radius 2 is 1.74 bits per heavy atom. The topological polar surface area (TPSA) is 114 Å². The van der Waals surface area contributed by atoms with E-state index >= 15 is 0 Å². The molecule has 0 aliphatic rings. The largest absolute Gasteiger partial charge is 0.457 e. The number of carbonyl (C=O) groups is 1. The van der Waals surface area contributed by atoms with Gasteiger partial charge in [0.2, 0.25) is 0 Å².